The molecular formula is C24H30N2O6. The fourth-order valence-electron chi connectivity index (χ4n) is 3.63. The SMILES string of the molecule is COC(=O)c1ccc(OC[C@H](O)CN(CCO)C[C@H](O)Cn2ccc3ccccc32)cc1. The van der Waals surface area contributed by atoms with Crippen molar-refractivity contribution in [1.29, 1.82) is 0 Å². The molecule has 0 unspecified atom stereocenters. The summed E-state index contributed by atoms with van der Waals surface area (Å²) in [5.41, 5.74) is 1.46. The number of fused-ring (bicyclic) bond motifs is 1. The molecular weight excluding hydrogens is 412 g/mol. The summed E-state index contributed by atoms with van der Waals surface area (Å²) in [5, 5.41) is 31.5. The number of hydrogen-bond donors (Lipinski definition) is 3. The number of methoxy groups -OCH3 is 1. The van der Waals surface area contributed by atoms with Gasteiger partial charge in [0.1, 0.15) is 18.5 Å². The second-order valence-electron chi connectivity index (χ2n) is 7.64. The summed E-state index contributed by atoms with van der Waals surface area (Å²) in [5.74, 6) is 0.0904. The molecule has 0 fully saturated rings. The molecule has 0 amide bonds. The van der Waals surface area contributed by atoms with Gasteiger partial charge in [-0.05, 0) is 41.8 Å². The quantitative estimate of drug-likeness (QED) is 0.365. The number of ether oxygens (including phenoxy) is 2. The molecule has 0 aliphatic carbocycles. The van der Waals surface area contributed by atoms with E-state index in [9.17, 15) is 20.1 Å². The Kier molecular flexibility index (Phi) is 8.64. The van der Waals surface area contributed by atoms with E-state index >= 15 is 0 Å². The van der Waals surface area contributed by atoms with E-state index in [0.29, 0.717) is 30.9 Å². The number of nitrogens with zero attached hydrogens (tertiary/aromatic N) is 2. The van der Waals surface area contributed by atoms with Gasteiger partial charge < -0.3 is 29.4 Å². The van der Waals surface area contributed by atoms with E-state index in [4.69, 9.17) is 4.74 Å². The third kappa shape index (κ3) is 6.54. The number of hydrogen-bond acceptors (Lipinski definition) is 7. The largest absolute Gasteiger partial charge is 0.491 e. The summed E-state index contributed by atoms with van der Waals surface area (Å²) in [7, 11) is 1.32. The van der Waals surface area contributed by atoms with E-state index < -0.39 is 18.2 Å². The van der Waals surface area contributed by atoms with E-state index in [1.54, 1.807) is 24.3 Å². The third-order valence-corrected chi connectivity index (χ3v) is 5.16. The van der Waals surface area contributed by atoms with E-state index in [1.807, 2.05) is 46.0 Å². The Morgan fingerprint density at radius 3 is 2.47 bits per heavy atom. The van der Waals surface area contributed by atoms with Crippen molar-refractivity contribution >= 4 is 16.9 Å². The molecule has 1 heterocycles. The fraction of sp³-hybridized carbons (Fsp3) is 0.375. The minimum atomic E-state index is -0.818. The highest BCUT2D eigenvalue weighted by Crippen LogP contribution is 2.16. The van der Waals surface area contributed by atoms with Crippen molar-refractivity contribution in [2.75, 3.05) is 40.0 Å². The molecule has 8 heteroatoms. The second-order valence-corrected chi connectivity index (χ2v) is 7.64. The molecule has 0 aliphatic rings. The van der Waals surface area contributed by atoms with Gasteiger partial charge in [0.15, 0.2) is 0 Å². The number of carbonyl (C=O) groups is 1. The van der Waals surface area contributed by atoms with Gasteiger partial charge in [-0.3, -0.25) is 4.90 Å². The van der Waals surface area contributed by atoms with Gasteiger partial charge in [0.05, 0.1) is 25.4 Å². The first kappa shape index (κ1) is 23.7. The fourth-order valence-corrected chi connectivity index (χ4v) is 3.63. The highest BCUT2D eigenvalue weighted by atomic mass is 16.5. The van der Waals surface area contributed by atoms with Gasteiger partial charge in [-0.15, -0.1) is 0 Å². The van der Waals surface area contributed by atoms with Crippen LogP contribution in [0.1, 0.15) is 10.4 Å². The van der Waals surface area contributed by atoms with Gasteiger partial charge in [-0.25, -0.2) is 4.79 Å². The van der Waals surface area contributed by atoms with Gasteiger partial charge in [-0.1, -0.05) is 18.2 Å². The number of benzene rings is 2. The zero-order chi connectivity index (χ0) is 22.9. The Morgan fingerprint density at radius 2 is 1.75 bits per heavy atom. The van der Waals surface area contributed by atoms with Crippen molar-refractivity contribution in [3.05, 3.63) is 66.4 Å². The zero-order valence-electron chi connectivity index (χ0n) is 18.1. The number of aliphatic hydroxyl groups is 3. The van der Waals surface area contributed by atoms with Crippen molar-refractivity contribution in [3.63, 3.8) is 0 Å². The summed E-state index contributed by atoms with van der Waals surface area (Å²) in [6, 6.07) is 16.4. The summed E-state index contributed by atoms with van der Waals surface area (Å²) in [6.45, 7) is 1.24. The van der Waals surface area contributed by atoms with E-state index in [0.717, 1.165) is 10.9 Å². The van der Waals surface area contributed by atoms with Crippen LogP contribution in [0, 0.1) is 0 Å². The van der Waals surface area contributed by atoms with Crippen LogP contribution in [0.2, 0.25) is 0 Å². The first-order chi connectivity index (χ1) is 15.5. The normalized spacial score (nSPS) is 13.3. The third-order valence-electron chi connectivity index (χ3n) is 5.16. The lowest BCUT2D eigenvalue weighted by Gasteiger charge is -2.27. The molecule has 0 spiro atoms. The lowest BCUT2D eigenvalue weighted by molar-refractivity contribution is 0.0351. The van der Waals surface area contributed by atoms with Crippen molar-refractivity contribution in [3.8, 4) is 5.75 Å². The minimum Gasteiger partial charge on any atom is -0.491 e. The maximum Gasteiger partial charge on any atom is 0.337 e. The molecule has 0 radical (unpaired) electrons. The molecule has 1 aromatic heterocycles. The number of carbonyl (C=O) groups excluding carboxylic acids is 1. The standard InChI is InChI=1S/C24H30N2O6/c1-31-24(30)19-6-8-22(9-7-19)32-17-21(29)15-25(12-13-27)14-20(28)16-26-11-10-18-4-2-3-5-23(18)26/h2-11,20-21,27-29H,12-17H2,1H3/t20-,21+/m0/s1. The Bertz CT molecular complexity index is 988. The lowest BCUT2D eigenvalue weighted by Crippen LogP contribution is -2.42. The monoisotopic (exact) mass is 442 g/mol. The molecule has 8 nitrogen and oxygen atoms in total. The number of rotatable bonds is 12. The lowest BCUT2D eigenvalue weighted by atomic mass is 10.2. The summed E-state index contributed by atoms with van der Waals surface area (Å²) < 4.78 is 12.2. The van der Waals surface area contributed by atoms with Crippen LogP contribution in [0.4, 0.5) is 0 Å². The summed E-state index contributed by atoms with van der Waals surface area (Å²) in [4.78, 5) is 13.3. The van der Waals surface area contributed by atoms with Crippen LogP contribution in [0.25, 0.3) is 10.9 Å². The summed E-state index contributed by atoms with van der Waals surface area (Å²) in [6.07, 6.45) is 0.455. The Labute approximate surface area is 187 Å². The van der Waals surface area contributed by atoms with Crippen LogP contribution >= 0.6 is 0 Å². The average molecular weight is 443 g/mol. The predicted molar refractivity (Wildman–Crippen MR) is 121 cm³/mol. The first-order valence-corrected chi connectivity index (χ1v) is 10.5. The van der Waals surface area contributed by atoms with Crippen LogP contribution in [-0.2, 0) is 11.3 Å². The predicted octanol–water partition coefficient (Wildman–Crippen LogP) is 1.52. The van der Waals surface area contributed by atoms with Crippen LogP contribution < -0.4 is 4.74 Å². The molecule has 2 aromatic carbocycles. The highest BCUT2D eigenvalue weighted by Gasteiger charge is 2.17. The number of aromatic nitrogens is 1. The molecule has 0 saturated carbocycles. The molecule has 2 atom stereocenters. The number of aliphatic hydroxyl groups excluding tert-OH is 3. The van der Waals surface area contributed by atoms with Crippen LogP contribution in [-0.4, -0.2) is 82.9 Å². The first-order valence-electron chi connectivity index (χ1n) is 10.5. The Balaban J connectivity index is 1.49. The molecule has 3 rings (SSSR count). The maximum absolute atomic E-state index is 11.5. The molecule has 0 bridgehead atoms. The second kappa shape index (κ2) is 11.6. The minimum absolute atomic E-state index is 0.0395. The molecule has 0 aliphatic heterocycles. The van der Waals surface area contributed by atoms with Crippen molar-refractivity contribution in [1.82, 2.24) is 9.47 Å². The molecule has 0 saturated heterocycles. The summed E-state index contributed by atoms with van der Waals surface area (Å²) >= 11 is 0. The Morgan fingerprint density at radius 1 is 1.03 bits per heavy atom. The molecule has 3 aromatic rings. The van der Waals surface area contributed by atoms with Crippen molar-refractivity contribution in [2.45, 2.75) is 18.8 Å². The van der Waals surface area contributed by atoms with Crippen LogP contribution in [0.3, 0.4) is 0 Å². The van der Waals surface area contributed by atoms with Gasteiger partial charge in [0, 0.05) is 37.9 Å². The average Bonchev–Trinajstić information content (AvgIpc) is 3.20. The molecule has 172 valence electrons. The van der Waals surface area contributed by atoms with E-state index in [-0.39, 0.29) is 19.8 Å². The van der Waals surface area contributed by atoms with Crippen molar-refractivity contribution < 1.29 is 29.6 Å². The highest BCUT2D eigenvalue weighted by molar-refractivity contribution is 5.89. The maximum atomic E-state index is 11.5. The number of esters is 1. The van der Waals surface area contributed by atoms with Gasteiger partial charge >= 0.3 is 5.97 Å². The van der Waals surface area contributed by atoms with Gasteiger partial charge in [-0.2, -0.15) is 0 Å². The topological polar surface area (TPSA) is 104 Å². The number of para-hydroxylation sites is 1. The smallest absolute Gasteiger partial charge is 0.337 e. The molecule has 3 N–H and O–H groups in total. The van der Waals surface area contributed by atoms with E-state index in [2.05, 4.69) is 4.74 Å². The van der Waals surface area contributed by atoms with Gasteiger partial charge in [0.25, 0.3) is 0 Å². The van der Waals surface area contributed by atoms with E-state index in [1.165, 1.54) is 7.11 Å². The van der Waals surface area contributed by atoms with Crippen molar-refractivity contribution in [2.24, 2.45) is 0 Å². The van der Waals surface area contributed by atoms with Crippen LogP contribution in [0.15, 0.2) is 60.8 Å². The molecule has 32 heavy (non-hydrogen) atoms. The van der Waals surface area contributed by atoms with Gasteiger partial charge in [0.2, 0.25) is 0 Å². The Hall–Kier alpha value is -2.91. The zero-order valence-corrected chi connectivity index (χ0v) is 18.1. The van der Waals surface area contributed by atoms with Crippen LogP contribution in [0.5, 0.6) is 5.75 Å².